The highest BCUT2D eigenvalue weighted by atomic mass is 32.2. The fourth-order valence-corrected chi connectivity index (χ4v) is 2.94. The van der Waals surface area contributed by atoms with Gasteiger partial charge >= 0.3 is 0 Å². The second-order valence-electron chi connectivity index (χ2n) is 3.81. The molecule has 0 saturated carbocycles. The van der Waals surface area contributed by atoms with Gasteiger partial charge in [-0.15, -0.1) is 0 Å². The van der Waals surface area contributed by atoms with Crippen molar-refractivity contribution in [2.24, 2.45) is 4.99 Å². The Labute approximate surface area is 110 Å². The molecule has 0 radical (unpaired) electrons. The fourth-order valence-electron chi connectivity index (χ4n) is 1.69. The van der Waals surface area contributed by atoms with E-state index in [0.29, 0.717) is 5.56 Å². The van der Waals surface area contributed by atoms with E-state index < -0.39 is 10.0 Å². The highest BCUT2D eigenvalue weighted by molar-refractivity contribution is 7.90. The number of amidine groups is 1. The molecule has 102 valence electrons. The van der Waals surface area contributed by atoms with Gasteiger partial charge in [0.1, 0.15) is 5.84 Å². The molecule has 19 heavy (non-hydrogen) atoms. The van der Waals surface area contributed by atoms with Crippen molar-refractivity contribution in [3.05, 3.63) is 29.8 Å². The maximum atomic E-state index is 11.8. The van der Waals surface area contributed by atoms with Gasteiger partial charge in [0, 0.05) is 12.0 Å². The van der Waals surface area contributed by atoms with E-state index in [9.17, 15) is 13.2 Å². The van der Waals surface area contributed by atoms with Crippen LogP contribution in [0.3, 0.4) is 0 Å². The van der Waals surface area contributed by atoms with Crippen LogP contribution >= 0.6 is 0 Å². The minimum absolute atomic E-state index is 0.112. The van der Waals surface area contributed by atoms with Gasteiger partial charge < -0.3 is 0 Å². The van der Waals surface area contributed by atoms with E-state index in [4.69, 9.17) is 0 Å². The third-order valence-corrected chi connectivity index (χ3v) is 3.88. The number of carbonyl (C=O) groups excluding carboxylic acids is 1. The van der Waals surface area contributed by atoms with E-state index >= 15 is 0 Å². The zero-order valence-electron chi connectivity index (χ0n) is 10.2. The van der Waals surface area contributed by atoms with E-state index in [1.165, 1.54) is 13.2 Å². The van der Waals surface area contributed by atoms with Gasteiger partial charge in [-0.3, -0.25) is 19.3 Å². The van der Waals surface area contributed by atoms with E-state index in [0.717, 1.165) is 0 Å². The largest absolute Gasteiger partial charge is 0.277 e. The van der Waals surface area contributed by atoms with E-state index in [2.05, 4.69) is 20.0 Å². The van der Waals surface area contributed by atoms with Crippen LogP contribution in [-0.4, -0.2) is 33.8 Å². The molecule has 1 heterocycles. The number of sulfonamides is 1. The second-order valence-corrected chi connectivity index (χ2v) is 5.46. The molecule has 8 heteroatoms. The molecule has 0 aliphatic carbocycles. The number of fused-ring (bicyclic) bond motifs is 1. The summed E-state index contributed by atoms with van der Waals surface area (Å²) in [7, 11) is -2.18. The van der Waals surface area contributed by atoms with Gasteiger partial charge in [-0.05, 0) is 12.1 Å². The summed E-state index contributed by atoms with van der Waals surface area (Å²) in [5.41, 5.74) is 2.68. The normalized spacial score (nSPS) is 17.8. The maximum absolute atomic E-state index is 11.8. The third-order valence-electron chi connectivity index (χ3n) is 2.49. The summed E-state index contributed by atoms with van der Waals surface area (Å²) in [5, 5.41) is 0. The average Bonchev–Trinajstić information content (AvgIpc) is 2.62. The first-order chi connectivity index (χ1) is 9.04. The van der Waals surface area contributed by atoms with Crippen LogP contribution in [0.25, 0.3) is 0 Å². The smallest absolute Gasteiger partial charge is 0.263 e. The molecule has 0 saturated heterocycles. The van der Waals surface area contributed by atoms with Crippen molar-refractivity contribution in [1.82, 2.24) is 10.2 Å². The summed E-state index contributed by atoms with van der Waals surface area (Å²) in [6.45, 7) is 0.168. The van der Waals surface area contributed by atoms with Gasteiger partial charge in [0.25, 0.3) is 10.0 Å². The van der Waals surface area contributed by atoms with Crippen LogP contribution in [0.15, 0.2) is 34.2 Å². The molecule has 2 rings (SSSR count). The van der Waals surface area contributed by atoms with Crippen LogP contribution in [0.5, 0.6) is 0 Å². The first kappa shape index (κ1) is 13.5. The Morgan fingerprint density at radius 3 is 2.89 bits per heavy atom. The number of nitrogens with one attached hydrogen (secondary N) is 2. The lowest BCUT2D eigenvalue weighted by molar-refractivity contribution is -0.131. The van der Waals surface area contributed by atoms with Crippen LogP contribution in [0, 0.1) is 0 Å². The summed E-state index contributed by atoms with van der Waals surface area (Å²) in [5.74, 6) is -0.0539. The first-order valence-electron chi connectivity index (χ1n) is 5.53. The number of carbonyl (C=O) groups is 1. The third kappa shape index (κ3) is 2.91. The van der Waals surface area contributed by atoms with Gasteiger partial charge in [-0.25, -0.2) is 13.9 Å². The fraction of sp³-hybridized carbons (Fsp3) is 0.273. The Balaban J connectivity index is 2.13. The molecule has 0 unspecified atom stereocenters. The van der Waals surface area contributed by atoms with E-state index in [1.54, 1.807) is 18.2 Å². The highest BCUT2D eigenvalue weighted by Gasteiger charge is 2.29. The van der Waals surface area contributed by atoms with Crippen LogP contribution in [0.4, 0.5) is 0 Å². The summed E-state index contributed by atoms with van der Waals surface area (Å²) >= 11 is 0. The number of hydroxylamine groups is 1. The number of hydrogen-bond donors (Lipinski definition) is 2. The number of nitrogens with zero attached hydrogens (tertiary/aromatic N) is 1. The summed E-state index contributed by atoms with van der Waals surface area (Å²) < 4.78 is 25.9. The van der Waals surface area contributed by atoms with Gasteiger partial charge in [0.15, 0.2) is 0 Å². The molecule has 1 aliphatic heterocycles. The molecule has 2 N–H and O–H groups in total. The quantitative estimate of drug-likeness (QED) is 0.747. The summed E-state index contributed by atoms with van der Waals surface area (Å²) in [6.07, 6.45) is 0.112. The molecular formula is C11H13N3O4S. The summed E-state index contributed by atoms with van der Waals surface area (Å²) in [6, 6.07) is 6.56. The molecular weight excluding hydrogens is 270 g/mol. The molecule has 0 bridgehead atoms. The molecule has 0 fully saturated rings. The Morgan fingerprint density at radius 1 is 1.42 bits per heavy atom. The zero-order chi connectivity index (χ0) is 13.9. The van der Waals surface area contributed by atoms with Gasteiger partial charge in [0.2, 0.25) is 5.91 Å². The van der Waals surface area contributed by atoms with Crippen molar-refractivity contribution in [2.45, 2.75) is 11.3 Å². The molecule has 1 aromatic rings. The predicted molar refractivity (Wildman–Crippen MR) is 67.9 cm³/mol. The lowest BCUT2D eigenvalue weighted by Crippen LogP contribution is -2.24. The zero-order valence-corrected chi connectivity index (χ0v) is 11.0. The SMILES string of the molecule is CONC(=O)CCN=C1NS(=O)(=O)c2ccccc21. The Kier molecular flexibility index (Phi) is 3.82. The Morgan fingerprint density at radius 2 is 2.16 bits per heavy atom. The van der Waals surface area contributed by atoms with E-state index in [-0.39, 0.29) is 29.6 Å². The number of rotatable bonds is 4. The van der Waals surface area contributed by atoms with Crippen molar-refractivity contribution in [3.8, 4) is 0 Å². The molecule has 1 aliphatic rings. The number of aliphatic imine (C=N–C) groups is 1. The molecule has 1 aromatic carbocycles. The molecule has 7 nitrogen and oxygen atoms in total. The average molecular weight is 283 g/mol. The maximum Gasteiger partial charge on any atom is 0.263 e. The Bertz CT molecular complexity index is 625. The van der Waals surface area contributed by atoms with Crippen molar-refractivity contribution >= 4 is 21.8 Å². The van der Waals surface area contributed by atoms with Crippen molar-refractivity contribution in [3.63, 3.8) is 0 Å². The minimum Gasteiger partial charge on any atom is -0.277 e. The molecule has 0 aromatic heterocycles. The lowest BCUT2D eigenvalue weighted by Gasteiger charge is -2.00. The topological polar surface area (TPSA) is 96.9 Å². The monoisotopic (exact) mass is 283 g/mol. The van der Waals surface area contributed by atoms with Crippen LogP contribution in [-0.2, 0) is 19.7 Å². The van der Waals surface area contributed by atoms with E-state index in [1.807, 2.05) is 0 Å². The van der Waals surface area contributed by atoms with Crippen LogP contribution in [0.1, 0.15) is 12.0 Å². The van der Waals surface area contributed by atoms with Gasteiger partial charge in [-0.2, -0.15) is 0 Å². The molecule has 0 spiro atoms. The van der Waals surface area contributed by atoms with Gasteiger partial charge in [0.05, 0.1) is 18.6 Å². The predicted octanol–water partition coefficient (Wildman–Crippen LogP) is -0.207. The highest BCUT2D eigenvalue weighted by Crippen LogP contribution is 2.21. The van der Waals surface area contributed by atoms with Crippen LogP contribution < -0.4 is 10.2 Å². The van der Waals surface area contributed by atoms with Crippen molar-refractivity contribution in [2.75, 3.05) is 13.7 Å². The van der Waals surface area contributed by atoms with Crippen molar-refractivity contribution in [1.29, 1.82) is 0 Å². The molecule has 1 amide bonds. The summed E-state index contributed by atoms with van der Waals surface area (Å²) in [4.78, 5) is 19.9. The first-order valence-corrected chi connectivity index (χ1v) is 7.01. The Hall–Kier alpha value is -1.93. The standard InChI is InChI=1S/C11H13N3O4S/c1-18-13-10(15)6-7-12-11-8-4-2-3-5-9(8)19(16,17)14-11/h2-5H,6-7H2,1H3,(H,12,14)(H,13,15). The molecule has 0 atom stereocenters. The number of hydrogen-bond acceptors (Lipinski definition) is 5. The minimum atomic E-state index is -3.52. The van der Waals surface area contributed by atoms with Crippen molar-refractivity contribution < 1.29 is 18.0 Å². The lowest BCUT2D eigenvalue weighted by atomic mass is 10.2. The second kappa shape index (κ2) is 5.37. The number of amides is 1. The van der Waals surface area contributed by atoms with Crippen LogP contribution in [0.2, 0.25) is 0 Å². The van der Waals surface area contributed by atoms with Gasteiger partial charge in [-0.1, -0.05) is 12.1 Å². The number of benzene rings is 1.